The van der Waals surface area contributed by atoms with Crippen LogP contribution in [0.15, 0.2) is 0 Å². The molecule has 1 N–H and O–H groups in total. The molecule has 1 amide bonds. The van der Waals surface area contributed by atoms with Gasteiger partial charge in [0.15, 0.2) is 0 Å². The Labute approximate surface area is 73.5 Å². The minimum Gasteiger partial charge on any atom is -0.343 e. The lowest BCUT2D eigenvalue weighted by Gasteiger charge is -2.36. The summed E-state index contributed by atoms with van der Waals surface area (Å²) < 4.78 is 0. The topological polar surface area (TPSA) is 35.6 Å². The van der Waals surface area contributed by atoms with E-state index in [1.165, 1.54) is 0 Å². The van der Waals surface area contributed by atoms with Crippen LogP contribution in [0.4, 0.5) is 0 Å². The lowest BCUT2D eigenvalue weighted by atomic mass is 10.2. The van der Waals surface area contributed by atoms with Crippen LogP contribution in [0.3, 0.4) is 0 Å². The largest absolute Gasteiger partial charge is 0.343 e. The maximum Gasteiger partial charge on any atom is 0.241 e. The summed E-state index contributed by atoms with van der Waals surface area (Å²) in [5.41, 5.74) is 0. The molecule has 0 aromatic rings. The highest BCUT2D eigenvalue weighted by atomic mass is 16.2. The summed E-state index contributed by atoms with van der Waals surface area (Å²) in [5.74, 6) is 0.220. The van der Waals surface area contributed by atoms with Crippen LogP contribution in [0.1, 0.15) is 0 Å². The monoisotopic (exact) mass is 171 g/mol. The quantitative estimate of drug-likeness (QED) is 0.577. The second kappa shape index (κ2) is 3.87. The number of amides is 1. The zero-order valence-corrected chi connectivity index (χ0v) is 8.00. The van der Waals surface area contributed by atoms with Crippen molar-refractivity contribution in [2.24, 2.45) is 0 Å². The van der Waals surface area contributed by atoms with Crippen LogP contribution in [0, 0.1) is 0 Å². The van der Waals surface area contributed by atoms with E-state index in [4.69, 9.17) is 0 Å². The van der Waals surface area contributed by atoms with Gasteiger partial charge in [0.1, 0.15) is 6.04 Å². The molecule has 1 aliphatic rings. The molecule has 0 aliphatic carbocycles. The van der Waals surface area contributed by atoms with Gasteiger partial charge in [-0.15, -0.1) is 0 Å². The van der Waals surface area contributed by atoms with E-state index in [-0.39, 0.29) is 11.9 Å². The molecule has 0 bridgehead atoms. The molecule has 70 valence electrons. The molecule has 1 unspecified atom stereocenters. The molecule has 0 radical (unpaired) electrons. The third-order valence-electron chi connectivity index (χ3n) is 2.38. The van der Waals surface area contributed by atoms with E-state index in [1.54, 1.807) is 4.90 Å². The van der Waals surface area contributed by atoms with Gasteiger partial charge in [0.25, 0.3) is 0 Å². The average molecular weight is 171 g/mol. The molecule has 0 aromatic heterocycles. The fraction of sp³-hybridized carbons (Fsp3) is 0.875. The Morgan fingerprint density at radius 2 is 2.17 bits per heavy atom. The third kappa shape index (κ3) is 1.76. The van der Waals surface area contributed by atoms with Crippen molar-refractivity contribution in [3.8, 4) is 0 Å². The highest BCUT2D eigenvalue weighted by Crippen LogP contribution is 2.06. The first-order valence-corrected chi connectivity index (χ1v) is 4.26. The van der Waals surface area contributed by atoms with E-state index in [2.05, 4.69) is 10.2 Å². The Balaban J connectivity index is 2.58. The molecule has 1 saturated heterocycles. The predicted octanol–water partition coefficient (Wildman–Crippen LogP) is -1.02. The van der Waals surface area contributed by atoms with Gasteiger partial charge in [0.2, 0.25) is 5.91 Å². The van der Waals surface area contributed by atoms with Gasteiger partial charge in [-0.05, 0) is 14.1 Å². The van der Waals surface area contributed by atoms with Gasteiger partial charge in [-0.2, -0.15) is 0 Å². The number of carbonyl (C=O) groups excluding carboxylic acids is 1. The predicted molar refractivity (Wildman–Crippen MR) is 48.0 cm³/mol. The van der Waals surface area contributed by atoms with E-state index >= 15 is 0 Å². The summed E-state index contributed by atoms with van der Waals surface area (Å²) in [6.07, 6.45) is 0. The standard InChI is InChI=1S/C8H17N3O/c1-9-6-7-8(12)11(3)5-4-10(7)2/h7,9H,4-6H2,1-3H3. The molecule has 4 nitrogen and oxygen atoms in total. The van der Waals surface area contributed by atoms with Crippen LogP contribution in [0.25, 0.3) is 0 Å². The zero-order chi connectivity index (χ0) is 9.14. The van der Waals surface area contributed by atoms with Gasteiger partial charge in [0, 0.05) is 26.7 Å². The molecule has 0 aromatic carbocycles. The van der Waals surface area contributed by atoms with Gasteiger partial charge < -0.3 is 10.2 Å². The van der Waals surface area contributed by atoms with Gasteiger partial charge >= 0.3 is 0 Å². The van der Waals surface area contributed by atoms with Crippen LogP contribution >= 0.6 is 0 Å². The summed E-state index contributed by atoms with van der Waals surface area (Å²) in [7, 11) is 5.72. The van der Waals surface area contributed by atoms with Gasteiger partial charge in [-0.25, -0.2) is 0 Å². The van der Waals surface area contributed by atoms with Gasteiger partial charge in [0.05, 0.1) is 0 Å². The summed E-state index contributed by atoms with van der Waals surface area (Å²) in [5, 5.41) is 3.03. The van der Waals surface area contributed by atoms with E-state index < -0.39 is 0 Å². The van der Waals surface area contributed by atoms with E-state index in [0.29, 0.717) is 0 Å². The molecule has 4 heteroatoms. The minimum absolute atomic E-state index is 0.0220. The first kappa shape index (κ1) is 9.48. The van der Waals surface area contributed by atoms with Crippen molar-refractivity contribution >= 4 is 5.91 Å². The minimum atomic E-state index is 0.0220. The Kier molecular flexibility index (Phi) is 3.05. The second-order valence-electron chi connectivity index (χ2n) is 3.31. The van der Waals surface area contributed by atoms with Crippen LogP contribution in [-0.4, -0.2) is 62.5 Å². The number of piperazine rings is 1. The van der Waals surface area contributed by atoms with Crippen LogP contribution in [0.5, 0.6) is 0 Å². The molecule has 1 fully saturated rings. The number of nitrogens with one attached hydrogen (secondary N) is 1. The number of carbonyl (C=O) groups is 1. The molecule has 1 aliphatic heterocycles. The van der Waals surface area contributed by atoms with Crippen LogP contribution < -0.4 is 5.32 Å². The van der Waals surface area contributed by atoms with E-state index in [1.807, 2.05) is 21.1 Å². The highest BCUT2D eigenvalue weighted by Gasteiger charge is 2.29. The number of rotatable bonds is 2. The van der Waals surface area contributed by atoms with E-state index in [0.717, 1.165) is 19.6 Å². The molecule has 1 rings (SSSR count). The van der Waals surface area contributed by atoms with Crippen molar-refractivity contribution in [3.05, 3.63) is 0 Å². The summed E-state index contributed by atoms with van der Waals surface area (Å²) in [4.78, 5) is 15.5. The Bertz CT molecular complexity index is 172. The van der Waals surface area contributed by atoms with Crippen molar-refractivity contribution < 1.29 is 4.79 Å². The molecule has 1 atom stereocenters. The second-order valence-corrected chi connectivity index (χ2v) is 3.31. The average Bonchev–Trinajstić information content (AvgIpc) is 2.06. The Morgan fingerprint density at radius 3 is 2.75 bits per heavy atom. The number of hydrogen-bond donors (Lipinski definition) is 1. The summed E-state index contributed by atoms with van der Waals surface area (Å²) in [6.45, 7) is 2.55. The van der Waals surface area contributed by atoms with Crippen molar-refractivity contribution in [2.45, 2.75) is 6.04 Å². The zero-order valence-electron chi connectivity index (χ0n) is 8.00. The maximum absolute atomic E-state index is 11.6. The van der Waals surface area contributed by atoms with Gasteiger partial charge in [-0.1, -0.05) is 0 Å². The molecule has 0 saturated carbocycles. The van der Waals surface area contributed by atoms with Crippen molar-refractivity contribution in [1.82, 2.24) is 15.1 Å². The first-order valence-electron chi connectivity index (χ1n) is 4.26. The highest BCUT2D eigenvalue weighted by molar-refractivity contribution is 5.82. The van der Waals surface area contributed by atoms with Crippen molar-refractivity contribution in [2.75, 3.05) is 40.8 Å². The summed E-state index contributed by atoms with van der Waals surface area (Å²) >= 11 is 0. The molecular weight excluding hydrogens is 154 g/mol. The van der Waals surface area contributed by atoms with E-state index in [9.17, 15) is 4.79 Å². The first-order chi connectivity index (χ1) is 5.66. The van der Waals surface area contributed by atoms with Crippen LogP contribution in [0.2, 0.25) is 0 Å². The fourth-order valence-electron chi connectivity index (χ4n) is 1.45. The molecule has 0 spiro atoms. The van der Waals surface area contributed by atoms with Gasteiger partial charge in [-0.3, -0.25) is 9.69 Å². The van der Waals surface area contributed by atoms with Crippen molar-refractivity contribution in [3.63, 3.8) is 0 Å². The molecular formula is C8H17N3O. The SMILES string of the molecule is CNCC1C(=O)N(C)CCN1C. The molecule has 1 heterocycles. The lowest BCUT2D eigenvalue weighted by molar-refractivity contribution is -0.138. The number of nitrogens with zero attached hydrogens (tertiary/aromatic N) is 2. The maximum atomic E-state index is 11.6. The summed E-state index contributed by atoms with van der Waals surface area (Å²) in [6, 6.07) is 0.0220. The third-order valence-corrected chi connectivity index (χ3v) is 2.38. The normalized spacial score (nSPS) is 26.4. The van der Waals surface area contributed by atoms with Crippen LogP contribution in [-0.2, 0) is 4.79 Å². The smallest absolute Gasteiger partial charge is 0.241 e. The Hall–Kier alpha value is -0.610. The molecule has 12 heavy (non-hydrogen) atoms. The number of likely N-dealkylation sites (N-methyl/N-ethyl adjacent to an activating group) is 3. The fourth-order valence-corrected chi connectivity index (χ4v) is 1.45. The Morgan fingerprint density at radius 1 is 1.50 bits per heavy atom. The number of hydrogen-bond acceptors (Lipinski definition) is 3. The lowest BCUT2D eigenvalue weighted by Crippen LogP contribution is -2.57. The van der Waals surface area contributed by atoms with Crippen molar-refractivity contribution in [1.29, 1.82) is 0 Å².